The van der Waals surface area contributed by atoms with E-state index in [2.05, 4.69) is 31.5 Å². The molecule has 0 amide bonds. The van der Waals surface area contributed by atoms with Crippen molar-refractivity contribution in [1.82, 2.24) is 5.32 Å². The Bertz CT molecular complexity index is 272. The normalized spacial score (nSPS) is 21.5. The number of nitrogens with zero attached hydrogens (tertiary/aromatic N) is 3. The van der Waals surface area contributed by atoms with Crippen molar-refractivity contribution < 1.29 is 8.97 Å². The number of hydrogen-bond acceptors (Lipinski definition) is 2. The van der Waals surface area contributed by atoms with Crippen LogP contribution in [0.5, 0.6) is 0 Å². The van der Waals surface area contributed by atoms with E-state index in [1.165, 1.54) is 37.2 Å². The second-order valence-electron chi connectivity index (χ2n) is 6.23. The van der Waals surface area contributed by atoms with Crippen LogP contribution in [0.4, 0.5) is 0 Å². The van der Waals surface area contributed by atoms with Crippen LogP contribution in [0.15, 0.2) is 4.99 Å². The number of hydrogen-bond donors (Lipinski definition) is 3. The fourth-order valence-electron chi connectivity index (χ4n) is 2.21. The smallest absolute Gasteiger partial charge is 0.185 e. The van der Waals surface area contributed by atoms with Crippen molar-refractivity contribution in [3.8, 4) is 0 Å². The molecule has 0 aromatic carbocycles. The maximum absolute atomic E-state index is 5.27. The fourth-order valence-corrected chi connectivity index (χ4v) is 2.21. The molecule has 0 aromatic rings. The number of nitrogens with one attached hydrogen (secondary N) is 1. The molecule has 0 spiro atoms. The Kier molecular flexibility index (Phi) is 5.37. The van der Waals surface area contributed by atoms with Crippen molar-refractivity contribution in [1.29, 1.82) is 0 Å². The van der Waals surface area contributed by atoms with E-state index in [1.54, 1.807) is 0 Å². The van der Waals surface area contributed by atoms with Crippen LogP contribution in [0, 0.1) is 0 Å². The van der Waals surface area contributed by atoms with Crippen LogP contribution >= 0.6 is 0 Å². The minimum atomic E-state index is 0.173. The van der Waals surface area contributed by atoms with Crippen molar-refractivity contribution in [2.75, 3.05) is 73.5 Å². The average Bonchev–Trinajstić information content (AvgIpc) is 2.28. The van der Waals surface area contributed by atoms with Crippen LogP contribution in [0.2, 0.25) is 0 Å². The lowest BCUT2D eigenvalue weighted by Crippen LogP contribution is -2.63. The van der Waals surface area contributed by atoms with E-state index in [9.17, 15) is 0 Å². The lowest BCUT2D eigenvalue weighted by Gasteiger charge is -2.44. The highest BCUT2D eigenvalue weighted by atomic mass is 15.4. The lowest BCUT2D eigenvalue weighted by atomic mass is 10.2. The van der Waals surface area contributed by atoms with Gasteiger partial charge in [0.25, 0.3) is 0 Å². The van der Waals surface area contributed by atoms with Gasteiger partial charge in [-0.15, -0.1) is 0 Å². The van der Waals surface area contributed by atoms with Gasteiger partial charge in [-0.1, -0.05) is 0 Å². The molecule has 0 radical (unpaired) electrons. The molecule has 106 valence electrons. The third-order valence-electron chi connectivity index (χ3n) is 3.90. The summed E-state index contributed by atoms with van der Waals surface area (Å²) < 4.78 is 2.34. The Balaban J connectivity index is 2.14. The molecule has 0 aliphatic carbocycles. The standard InChI is InChI=1S/C12H30N6/c1-17(2)8-10-18(3,11-9-17)7-6-15-4-5-16-12(13)14/h15H,4-11H2,1-3H3,(H4,13,14,16)/q+2. The van der Waals surface area contributed by atoms with E-state index in [1.807, 2.05) is 0 Å². The van der Waals surface area contributed by atoms with Gasteiger partial charge in [0.05, 0.1) is 34.2 Å². The van der Waals surface area contributed by atoms with Crippen molar-refractivity contribution in [3.63, 3.8) is 0 Å². The van der Waals surface area contributed by atoms with E-state index in [0.717, 1.165) is 17.6 Å². The maximum Gasteiger partial charge on any atom is 0.185 e. The predicted octanol–water partition coefficient (Wildman–Crippen LogP) is -1.61. The van der Waals surface area contributed by atoms with Gasteiger partial charge in [0.15, 0.2) is 5.96 Å². The van der Waals surface area contributed by atoms with Crippen LogP contribution in [-0.2, 0) is 0 Å². The third-order valence-corrected chi connectivity index (χ3v) is 3.90. The summed E-state index contributed by atoms with van der Waals surface area (Å²) in [4.78, 5) is 3.95. The van der Waals surface area contributed by atoms with Gasteiger partial charge in [-0.3, -0.25) is 4.99 Å². The lowest BCUT2D eigenvalue weighted by molar-refractivity contribution is -1.01. The summed E-state index contributed by atoms with van der Waals surface area (Å²) in [5.74, 6) is 0.173. The maximum atomic E-state index is 5.27. The third kappa shape index (κ3) is 5.66. The van der Waals surface area contributed by atoms with Crippen molar-refractivity contribution >= 4 is 5.96 Å². The molecule has 18 heavy (non-hydrogen) atoms. The largest absolute Gasteiger partial charge is 0.370 e. The zero-order valence-electron chi connectivity index (χ0n) is 12.2. The molecule has 0 unspecified atom stereocenters. The molecule has 1 heterocycles. The number of rotatable bonds is 6. The SMILES string of the molecule is C[N+]1(C)CC[N+](C)(CCNCCN=C(N)N)CC1. The fraction of sp³-hybridized carbons (Fsp3) is 0.917. The van der Waals surface area contributed by atoms with E-state index in [-0.39, 0.29) is 5.96 Å². The molecule has 0 saturated carbocycles. The Morgan fingerprint density at radius 3 is 2.22 bits per heavy atom. The monoisotopic (exact) mass is 258 g/mol. The average molecular weight is 258 g/mol. The Labute approximate surface area is 111 Å². The topological polar surface area (TPSA) is 76.4 Å². The van der Waals surface area contributed by atoms with Gasteiger partial charge >= 0.3 is 0 Å². The predicted molar refractivity (Wildman–Crippen MR) is 76.2 cm³/mol. The van der Waals surface area contributed by atoms with E-state index >= 15 is 0 Å². The molecule has 6 nitrogen and oxygen atoms in total. The molecule has 1 aliphatic heterocycles. The van der Waals surface area contributed by atoms with Gasteiger partial charge in [0.1, 0.15) is 26.2 Å². The number of guanidine groups is 1. The minimum Gasteiger partial charge on any atom is -0.370 e. The number of likely N-dealkylation sites (N-methyl/N-ethyl adjacent to an activating group) is 2. The summed E-state index contributed by atoms with van der Waals surface area (Å²) in [6.45, 7) is 8.79. The zero-order chi connectivity index (χ0) is 13.6. The molecule has 1 saturated heterocycles. The van der Waals surface area contributed by atoms with Gasteiger partial charge in [-0.2, -0.15) is 0 Å². The second-order valence-corrected chi connectivity index (χ2v) is 6.23. The summed E-state index contributed by atoms with van der Waals surface area (Å²) in [6, 6.07) is 0. The summed E-state index contributed by atoms with van der Waals surface area (Å²) in [5, 5.41) is 3.40. The highest BCUT2D eigenvalue weighted by Gasteiger charge is 2.33. The molecule has 6 heteroatoms. The van der Waals surface area contributed by atoms with Crippen LogP contribution in [0.25, 0.3) is 0 Å². The molecule has 5 N–H and O–H groups in total. The first-order chi connectivity index (χ1) is 8.33. The van der Waals surface area contributed by atoms with E-state index in [4.69, 9.17) is 11.5 Å². The summed E-state index contributed by atoms with van der Waals surface area (Å²) >= 11 is 0. The molecular weight excluding hydrogens is 228 g/mol. The summed E-state index contributed by atoms with van der Waals surface area (Å²) in [7, 11) is 6.99. The van der Waals surface area contributed by atoms with Crippen LogP contribution < -0.4 is 16.8 Å². The number of nitrogens with two attached hydrogens (primary N) is 2. The molecule has 1 fully saturated rings. The van der Waals surface area contributed by atoms with Crippen LogP contribution in [-0.4, -0.2) is 88.4 Å². The molecule has 0 bridgehead atoms. The summed E-state index contributed by atoms with van der Waals surface area (Å²) in [5.41, 5.74) is 10.5. The van der Waals surface area contributed by atoms with Gasteiger partial charge in [0.2, 0.25) is 0 Å². The Hall–Kier alpha value is -0.850. The van der Waals surface area contributed by atoms with Crippen LogP contribution in [0.3, 0.4) is 0 Å². The first kappa shape index (κ1) is 15.2. The van der Waals surface area contributed by atoms with E-state index in [0.29, 0.717) is 6.54 Å². The zero-order valence-corrected chi connectivity index (χ0v) is 12.2. The van der Waals surface area contributed by atoms with Gasteiger partial charge in [-0.05, 0) is 0 Å². The number of piperazine rings is 1. The highest BCUT2D eigenvalue weighted by Crippen LogP contribution is 2.12. The van der Waals surface area contributed by atoms with Crippen molar-refractivity contribution in [2.45, 2.75) is 0 Å². The number of quaternary nitrogens is 2. The molecule has 0 atom stereocenters. The van der Waals surface area contributed by atoms with Crippen LogP contribution in [0.1, 0.15) is 0 Å². The molecule has 1 aliphatic rings. The first-order valence-corrected chi connectivity index (χ1v) is 6.75. The molecular formula is C12H30N6+2. The minimum absolute atomic E-state index is 0.173. The first-order valence-electron chi connectivity index (χ1n) is 6.75. The Morgan fingerprint density at radius 2 is 1.67 bits per heavy atom. The number of aliphatic imine (C=N–C) groups is 1. The van der Waals surface area contributed by atoms with Gasteiger partial charge < -0.3 is 25.8 Å². The van der Waals surface area contributed by atoms with Crippen molar-refractivity contribution in [2.24, 2.45) is 16.5 Å². The summed E-state index contributed by atoms with van der Waals surface area (Å²) in [6.07, 6.45) is 0. The quantitative estimate of drug-likeness (QED) is 0.232. The second kappa shape index (κ2) is 6.36. The van der Waals surface area contributed by atoms with Gasteiger partial charge in [0, 0.05) is 13.1 Å². The van der Waals surface area contributed by atoms with Crippen molar-refractivity contribution in [3.05, 3.63) is 0 Å². The molecule has 1 rings (SSSR count). The highest BCUT2D eigenvalue weighted by molar-refractivity contribution is 5.75. The molecule has 0 aromatic heterocycles. The van der Waals surface area contributed by atoms with E-state index < -0.39 is 0 Å². The Morgan fingerprint density at radius 1 is 1.06 bits per heavy atom. The van der Waals surface area contributed by atoms with Gasteiger partial charge in [-0.25, -0.2) is 0 Å².